The highest BCUT2D eigenvalue weighted by molar-refractivity contribution is 5.91. The number of nitriles is 1. The number of carbonyl (C=O) groups excluding carboxylic acids is 1. The lowest BCUT2D eigenvalue weighted by atomic mass is 10.2. The van der Waals surface area contributed by atoms with Crippen LogP contribution in [0.25, 0.3) is 0 Å². The van der Waals surface area contributed by atoms with E-state index in [2.05, 4.69) is 5.32 Å². The Labute approximate surface area is 151 Å². The molecule has 0 aliphatic carbocycles. The van der Waals surface area contributed by atoms with E-state index < -0.39 is 0 Å². The van der Waals surface area contributed by atoms with E-state index in [-0.39, 0.29) is 12.5 Å². The Balaban J connectivity index is 1.50. The first-order valence-corrected chi connectivity index (χ1v) is 7.99. The minimum Gasteiger partial charge on any atom is -0.484 e. The van der Waals surface area contributed by atoms with Crippen LogP contribution < -0.4 is 14.8 Å². The van der Waals surface area contributed by atoms with Gasteiger partial charge in [0.2, 0.25) is 0 Å². The maximum absolute atomic E-state index is 12.0. The number of nitrogens with one attached hydrogen (secondary N) is 1. The number of anilines is 1. The van der Waals surface area contributed by atoms with Crippen molar-refractivity contribution in [1.82, 2.24) is 0 Å². The second kappa shape index (κ2) is 8.36. The first-order valence-electron chi connectivity index (χ1n) is 7.99. The Kier molecular flexibility index (Phi) is 5.48. The van der Waals surface area contributed by atoms with E-state index in [9.17, 15) is 4.79 Å². The number of hydrogen-bond donors (Lipinski definition) is 1. The number of ether oxygens (including phenoxy) is 2. The van der Waals surface area contributed by atoms with Crippen molar-refractivity contribution in [3.8, 4) is 23.3 Å². The number of benzene rings is 3. The van der Waals surface area contributed by atoms with Crippen molar-refractivity contribution in [1.29, 1.82) is 5.26 Å². The van der Waals surface area contributed by atoms with Crippen LogP contribution in [0.4, 0.5) is 5.69 Å². The molecule has 0 atom stereocenters. The van der Waals surface area contributed by atoms with Gasteiger partial charge in [-0.05, 0) is 60.7 Å². The zero-order chi connectivity index (χ0) is 18.2. The van der Waals surface area contributed by atoms with Crippen LogP contribution in [0.1, 0.15) is 5.56 Å². The Hall–Kier alpha value is -3.78. The largest absolute Gasteiger partial charge is 0.484 e. The molecule has 1 N–H and O–H groups in total. The second-order valence-corrected chi connectivity index (χ2v) is 5.41. The predicted molar refractivity (Wildman–Crippen MR) is 98.2 cm³/mol. The Morgan fingerprint density at radius 3 is 2.12 bits per heavy atom. The van der Waals surface area contributed by atoms with E-state index >= 15 is 0 Å². The summed E-state index contributed by atoms with van der Waals surface area (Å²) in [5.74, 6) is 1.69. The summed E-state index contributed by atoms with van der Waals surface area (Å²) in [6.07, 6.45) is 0. The van der Waals surface area contributed by atoms with Gasteiger partial charge in [-0.25, -0.2) is 0 Å². The molecule has 128 valence electrons. The molecule has 0 bridgehead atoms. The second-order valence-electron chi connectivity index (χ2n) is 5.41. The monoisotopic (exact) mass is 344 g/mol. The van der Waals surface area contributed by atoms with Crippen LogP contribution in [0, 0.1) is 11.3 Å². The molecule has 26 heavy (non-hydrogen) atoms. The molecular weight excluding hydrogens is 328 g/mol. The van der Waals surface area contributed by atoms with Crippen molar-refractivity contribution in [3.05, 3.63) is 84.4 Å². The lowest BCUT2D eigenvalue weighted by molar-refractivity contribution is -0.118. The van der Waals surface area contributed by atoms with Crippen molar-refractivity contribution in [2.24, 2.45) is 0 Å². The molecule has 0 unspecified atom stereocenters. The van der Waals surface area contributed by atoms with Crippen molar-refractivity contribution in [2.45, 2.75) is 0 Å². The Morgan fingerprint density at radius 1 is 0.846 bits per heavy atom. The molecule has 0 aromatic heterocycles. The molecule has 0 saturated carbocycles. The van der Waals surface area contributed by atoms with Crippen LogP contribution in [-0.2, 0) is 4.79 Å². The van der Waals surface area contributed by atoms with E-state index in [1.165, 1.54) is 0 Å². The molecule has 1 amide bonds. The van der Waals surface area contributed by atoms with Crippen LogP contribution in [-0.4, -0.2) is 12.5 Å². The number of carbonyl (C=O) groups is 1. The Morgan fingerprint density at radius 2 is 1.46 bits per heavy atom. The summed E-state index contributed by atoms with van der Waals surface area (Å²) in [6.45, 7) is -0.117. The van der Waals surface area contributed by atoms with Gasteiger partial charge in [-0.2, -0.15) is 5.26 Å². The van der Waals surface area contributed by atoms with Crippen molar-refractivity contribution < 1.29 is 14.3 Å². The average molecular weight is 344 g/mol. The standard InChI is InChI=1S/C21H16N2O3/c22-14-16-6-10-18(11-7-16)25-15-21(24)23-17-8-12-20(13-9-17)26-19-4-2-1-3-5-19/h1-13H,15H2,(H,23,24). The molecule has 0 radical (unpaired) electrons. The van der Waals surface area contributed by atoms with E-state index in [0.29, 0.717) is 22.7 Å². The van der Waals surface area contributed by atoms with E-state index in [0.717, 1.165) is 5.75 Å². The third kappa shape index (κ3) is 4.86. The fraction of sp³-hybridized carbons (Fsp3) is 0.0476. The highest BCUT2D eigenvalue weighted by Gasteiger charge is 2.05. The third-order valence-electron chi connectivity index (χ3n) is 3.47. The SMILES string of the molecule is N#Cc1ccc(OCC(=O)Nc2ccc(Oc3ccccc3)cc2)cc1. The highest BCUT2D eigenvalue weighted by atomic mass is 16.5. The van der Waals surface area contributed by atoms with Gasteiger partial charge in [0.1, 0.15) is 17.2 Å². The van der Waals surface area contributed by atoms with Crippen molar-refractivity contribution >= 4 is 11.6 Å². The first kappa shape index (κ1) is 17.1. The molecule has 0 spiro atoms. The van der Waals surface area contributed by atoms with Gasteiger partial charge in [0, 0.05) is 5.69 Å². The average Bonchev–Trinajstić information content (AvgIpc) is 2.69. The smallest absolute Gasteiger partial charge is 0.262 e. The quantitative estimate of drug-likeness (QED) is 0.721. The lowest BCUT2D eigenvalue weighted by Gasteiger charge is -2.09. The highest BCUT2D eigenvalue weighted by Crippen LogP contribution is 2.22. The minimum absolute atomic E-state index is 0.117. The molecule has 5 heteroatoms. The predicted octanol–water partition coefficient (Wildman–Crippen LogP) is 4.37. The maximum Gasteiger partial charge on any atom is 0.262 e. The minimum atomic E-state index is -0.272. The number of hydrogen-bond acceptors (Lipinski definition) is 4. The zero-order valence-corrected chi connectivity index (χ0v) is 13.9. The van der Waals surface area contributed by atoms with E-state index in [1.54, 1.807) is 48.5 Å². The summed E-state index contributed by atoms with van der Waals surface area (Å²) in [4.78, 5) is 12.0. The molecule has 3 rings (SSSR count). The van der Waals surface area contributed by atoms with Crippen molar-refractivity contribution in [2.75, 3.05) is 11.9 Å². The fourth-order valence-corrected chi connectivity index (χ4v) is 2.20. The summed E-state index contributed by atoms with van der Waals surface area (Å²) in [6, 6.07) is 25.2. The summed E-state index contributed by atoms with van der Waals surface area (Å²) >= 11 is 0. The summed E-state index contributed by atoms with van der Waals surface area (Å²) < 4.78 is 11.1. The van der Waals surface area contributed by atoms with Crippen LogP contribution in [0.15, 0.2) is 78.9 Å². The molecular formula is C21H16N2O3. The number of para-hydroxylation sites is 1. The van der Waals surface area contributed by atoms with Gasteiger partial charge >= 0.3 is 0 Å². The van der Waals surface area contributed by atoms with Crippen molar-refractivity contribution in [3.63, 3.8) is 0 Å². The molecule has 0 saturated heterocycles. The van der Waals surface area contributed by atoms with Gasteiger partial charge in [0.05, 0.1) is 11.6 Å². The summed E-state index contributed by atoms with van der Waals surface area (Å²) in [5, 5.41) is 11.5. The normalized spacial score (nSPS) is 9.81. The van der Waals surface area contributed by atoms with Gasteiger partial charge in [0.25, 0.3) is 5.91 Å². The third-order valence-corrected chi connectivity index (χ3v) is 3.47. The van der Waals surface area contributed by atoms with E-state index in [1.807, 2.05) is 36.4 Å². The van der Waals surface area contributed by atoms with Gasteiger partial charge in [-0.15, -0.1) is 0 Å². The molecule has 0 aliphatic heterocycles. The molecule has 3 aromatic carbocycles. The summed E-state index contributed by atoms with van der Waals surface area (Å²) in [7, 11) is 0. The van der Waals surface area contributed by atoms with Crippen LogP contribution in [0.5, 0.6) is 17.2 Å². The van der Waals surface area contributed by atoms with E-state index in [4.69, 9.17) is 14.7 Å². The van der Waals surface area contributed by atoms with Gasteiger partial charge in [-0.1, -0.05) is 18.2 Å². The molecule has 3 aromatic rings. The fourth-order valence-electron chi connectivity index (χ4n) is 2.20. The number of rotatable bonds is 6. The van der Waals surface area contributed by atoms with Crippen LogP contribution in [0.3, 0.4) is 0 Å². The van der Waals surface area contributed by atoms with Gasteiger partial charge < -0.3 is 14.8 Å². The molecule has 0 heterocycles. The topological polar surface area (TPSA) is 71.3 Å². The van der Waals surface area contributed by atoms with Gasteiger partial charge in [0.15, 0.2) is 6.61 Å². The van der Waals surface area contributed by atoms with Gasteiger partial charge in [-0.3, -0.25) is 4.79 Å². The lowest BCUT2D eigenvalue weighted by Crippen LogP contribution is -2.20. The molecule has 5 nitrogen and oxygen atoms in total. The molecule has 0 aliphatic rings. The Bertz CT molecular complexity index is 899. The van der Waals surface area contributed by atoms with Crippen LogP contribution in [0.2, 0.25) is 0 Å². The maximum atomic E-state index is 12.0. The number of amides is 1. The molecule has 0 fully saturated rings. The number of nitrogens with zero attached hydrogens (tertiary/aromatic N) is 1. The first-order chi connectivity index (χ1) is 12.7. The zero-order valence-electron chi connectivity index (χ0n) is 13.9. The summed E-state index contributed by atoms with van der Waals surface area (Å²) in [5.41, 5.74) is 1.19. The van der Waals surface area contributed by atoms with Crippen LogP contribution >= 0.6 is 0 Å².